The molecule has 0 spiro atoms. The fourth-order valence-corrected chi connectivity index (χ4v) is 2.62. The molecular weight excluding hydrogens is 174 g/mol. The number of aromatic hydroxyl groups is 1. The third kappa shape index (κ3) is 0.947. The molecule has 2 heteroatoms. The van der Waals surface area contributed by atoms with Gasteiger partial charge in [0, 0.05) is 11.0 Å². The average Bonchev–Trinajstić information content (AvgIpc) is 2.98. The Balaban J connectivity index is 2.02. The minimum Gasteiger partial charge on any atom is -0.508 e. The van der Waals surface area contributed by atoms with E-state index in [0.29, 0.717) is 5.75 Å². The molecule has 2 fully saturated rings. The van der Waals surface area contributed by atoms with Crippen LogP contribution in [-0.4, -0.2) is 10.6 Å². The lowest BCUT2D eigenvalue weighted by molar-refractivity contribution is 0.466. The number of hydrogen-bond acceptors (Lipinski definition) is 2. The normalized spacial score (nSPS) is 25.8. The van der Waals surface area contributed by atoms with Crippen molar-refractivity contribution in [1.29, 1.82) is 0 Å². The van der Waals surface area contributed by atoms with Crippen LogP contribution in [-0.2, 0) is 5.41 Å². The Morgan fingerprint density at radius 2 is 1.86 bits per heavy atom. The summed E-state index contributed by atoms with van der Waals surface area (Å²) in [5.74, 6) is 0.359. The summed E-state index contributed by atoms with van der Waals surface area (Å²) in [6, 6.07) is 7.60. The summed E-state index contributed by atoms with van der Waals surface area (Å²) in [6.45, 7) is 0. The highest BCUT2D eigenvalue weighted by molar-refractivity contribution is 5.43. The zero-order valence-electron chi connectivity index (χ0n) is 8.16. The van der Waals surface area contributed by atoms with Crippen LogP contribution >= 0.6 is 0 Å². The average molecular weight is 189 g/mol. The maximum atomic E-state index is 9.45. The van der Waals surface area contributed by atoms with E-state index in [1.807, 2.05) is 12.1 Å². The van der Waals surface area contributed by atoms with Crippen LogP contribution in [0.5, 0.6) is 5.75 Å². The highest BCUT2D eigenvalue weighted by atomic mass is 16.3. The predicted octanol–water partition coefficient (Wildman–Crippen LogP) is 1.92. The monoisotopic (exact) mass is 189 g/mol. The van der Waals surface area contributed by atoms with Crippen molar-refractivity contribution in [1.82, 2.24) is 0 Å². The smallest absolute Gasteiger partial charge is 0.115 e. The van der Waals surface area contributed by atoms with E-state index in [1.54, 1.807) is 6.07 Å². The molecule has 0 atom stereocenters. The van der Waals surface area contributed by atoms with Gasteiger partial charge in [0.25, 0.3) is 0 Å². The second kappa shape index (κ2) is 2.31. The molecule has 0 heterocycles. The van der Waals surface area contributed by atoms with Crippen LogP contribution in [0.4, 0.5) is 0 Å². The van der Waals surface area contributed by atoms with Crippen molar-refractivity contribution in [2.24, 2.45) is 5.73 Å². The van der Waals surface area contributed by atoms with E-state index >= 15 is 0 Å². The summed E-state index contributed by atoms with van der Waals surface area (Å²) in [5.41, 5.74) is 7.76. The first kappa shape index (κ1) is 8.30. The molecular formula is C12H15NO. The van der Waals surface area contributed by atoms with Gasteiger partial charge < -0.3 is 10.8 Å². The van der Waals surface area contributed by atoms with Crippen molar-refractivity contribution in [3.63, 3.8) is 0 Å². The molecule has 1 aromatic rings. The first-order chi connectivity index (χ1) is 6.66. The first-order valence-corrected chi connectivity index (χ1v) is 5.25. The molecule has 2 nitrogen and oxygen atoms in total. The molecule has 0 radical (unpaired) electrons. The molecule has 0 saturated heterocycles. The van der Waals surface area contributed by atoms with Gasteiger partial charge >= 0.3 is 0 Å². The maximum absolute atomic E-state index is 9.45. The van der Waals surface area contributed by atoms with Gasteiger partial charge in [-0.3, -0.25) is 0 Å². The minimum atomic E-state index is 0.0425. The zero-order chi connectivity index (χ0) is 9.81. The molecule has 0 amide bonds. The SMILES string of the molecule is NC1(C2(c3cccc(O)c3)CC2)CC1. The quantitative estimate of drug-likeness (QED) is 0.746. The Bertz CT molecular complexity index is 378. The highest BCUT2D eigenvalue weighted by Crippen LogP contribution is 2.63. The molecule has 0 aliphatic heterocycles. The topological polar surface area (TPSA) is 46.2 Å². The lowest BCUT2D eigenvalue weighted by Crippen LogP contribution is -2.37. The Morgan fingerprint density at radius 1 is 1.14 bits per heavy atom. The van der Waals surface area contributed by atoms with Gasteiger partial charge in [-0.05, 0) is 43.4 Å². The second-order valence-electron chi connectivity index (χ2n) is 4.79. The van der Waals surface area contributed by atoms with Gasteiger partial charge in [-0.1, -0.05) is 12.1 Å². The molecule has 3 N–H and O–H groups in total. The summed E-state index contributed by atoms with van der Waals surface area (Å²) < 4.78 is 0. The van der Waals surface area contributed by atoms with E-state index in [4.69, 9.17) is 5.73 Å². The summed E-state index contributed by atoms with van der Waals surface area (Å²) in [5, 5.41) is 9.45. The number of benzene rings is 1. The van der Waals surface area contributed by atoms with Crippen LogP contribution in [0.25, 0.3) is 0 Å². The highest BCUT2D eigenvalue weighted by Gasteiger charge is 2.63. The van der Waals surface area contributed by atoms with Crippen LogP contribution < -0.4 is 5.73 Å². The van der Waals surface area contributed by atoms with Gasteiger partial charge in [-0.15, -0.1) is 0 Å². The molecule has 0 bridgehead atoms. The predicted molar refractivity (Wildman–Crippen MR) is 55.2 cm³/mol. The van der Waals surface area contributed by atoms with Crippen molar-refractivity contribution in [2.75, 3.05) is 0 Å². The Labute approximate surface area is 83.7 Å². The van der Waals surface area contributed by atoms with Crippen LogP contribution in [0, 0.1) is 0 Å². The first-order valence-electron chi connectivity index (χ1n) is 5.25. The largest absolute Gasteiger partial charge is 0.508 e. The van der Waals surface area contributed by atoms with Gasteiger partial charge in [-0.2, -0.15) is 0 Å². The number of rotatable bonds is 2. The summed E-state index contributed by atoms with van der Waals surface area (Å²) in [6.07, 6.45) is 4.66. The Hall–Kier alpha value is -1.02. The Morgan fingerprint density at radius 3 is 2.36 bits per heavy atom. The summed E-state index contributed by atoms with van der Waals surface area (Å²) in [7, 11) is 0. The van der Waals surface area contributed by atoms with Crippen molar-refractivity contribution in [3.8, 4) is 5.75 Å². The maximum Gasteiger partial charge on any atom is 0.115 e. The fourth-order valence-electron chi connectivity index (χ4n) is 2.62. The molecule has 3 rings (SSSR count). The molecule has 74 valence electrons. The molecule has 2 aliphatic carbocycles. The van der Waals surface area contributed by atoms with Crippen molar-refractivity contribution < 1.29 is 5.11 Å². The minimum absolute atomic E-state index is 0.0425. The van der Waals surface area contributed by atoms with Crippen LogP contribution in [0.2, 0.25) is 0 Å². The van der Waals surface area contributed by atoms with E-state index in [9.17, 15) is 5.11 Å². The molecule has 1 aromatic carbocycles. The lowest BCUT2D eigenvalue weighted by Gasteiger charge is -2.23. The van der Waals surface area contributed by atoms with E-state index in [-0.39, 0.29) is 11.0 Å². The van der Waals surface area contributed by atoms with Crippen molar-refractivity contribution in [2.45, 2.75) is 36.6 Å². The van der Waals surface area contributed by atoms with Crippen LogP contribution in [0.15, 0.2) is 24.3 Å². The second-order valence-corrected chi connectivity index (χ2v) is 4.79. The lowest BCUT2D eigenvalue weighted by atomic mass is 9.86. The molecule has 2 aliphatic rings. The number of hydrogen-bond donors (Lipinski definition) is 2. The molecule has 0 unspecified atom stereocenters. The van der Waals surface area contributed by atoms with E-state index < -0.39 is 0 Å². The van der Waals surface area contributed by atoms with E-state index in [2.05, 4.69) is 6.07 Å². The summed E-state index contributed by atoms with van der Waals surface area (Å²) >= 11 is 0. The van der Waals surface area contributed by atoms with Crippen molar-refractivity contribution in [3.05, 3.63) is 29.8 Å². The van der Waals surface area contributed by atoms with Crippen molar-refractivity contribution >= 4 is 0 Å². The molecule has 0 aromatic heterocycles. The third-order valence-electron chi connectivity index (χ3n) is 3.89. The molecule has 2 saturated carbocycles. The fraction of sp³-hybridized carbons (Fsp3) is 0.500. The zero-order valence-corrected chi connectivity index (χ0v) is 8.16. The van der Waals surface area contributed by atoms with Gasteiger partial charge in [0.1, 0.15) is 5.75 Å². The number of phenols is 1. The van der Waals surface area contributed by atoms with Gasteiger partial charge in [-0.25, -0.2) is 0 Å². The van der Waals surface area contributed by atoms with Gasteiger partial charge in [0.05, 0.1) is 0 Å². The van der Waals surface area contributed by atoms with Gasteiger partial charge in [0.2, 0.25) is 0 Å². The van der Waals surface area contributed by atoms with Crippen LogP contribution in [0.3, 0.4) is 0 Å². The number of phenolic OH excluding ortho intramolecular Hbond substituents is 1. The number of nitrogens with two attached hydrogens (primary N) is 1. The van der Waals surface area contributed by atoms with Crippen LogP contribution in [0.1, 0.15) is 31.2 Å². The standard InChI is InChI=1S/C12H15NO/c13-12(6-7-12)11(4-5-11)9-2-1-3-10(14)8-9/h1-3,8,14H,4-7,13H2. The Kier molecular flexibility index (Phi) is 1.37. The van der Waals surface area contributed by atoms with Gasteiger partial charge in [0.15, 0.2) is 0 Å². The van der Waals surface area contributed by atoms with E-state index in [1.165, 1.54) is 18.4 Å². The molecule has 14 heavy (non-hydrogen) atoms. The third-order valence-corrected chi connectivity index (χ3v) is 3.89. The van der Waals surface area contributed by atoms with E-state index in [0.717, 1.165) is 12.8 Å². The summed E-state index contributed by atoms with van der Waals surface area (Å²) in [4.78, 5) is 0.